The molecule has 2 amide bonds. The lowest BCUT2D eigenvalue weighted by Gasteiger charge is -2.50. The number of nitrogens with one attached hydrogen (secondary N) is 1. The molecular weight excluding hydrogens is 583 g/mol. The van der Waals surface area contributed by atoms with Crippen LogP contribution in [0.5, 0.6) is 5.75 Å². The SMILES string of the molecule is CN(C)c1c(F)c(NC(=O)CBr)c(O)c2c1CC1CC3[C@H](N(C)C)C(=O)C(C(N)=O)=C(O)[C@@]3(O)C(=O)C1=C2O. The average Bonchev–Trinajstić information content (AvgIpc) is 2.83. The summed E-state index contributed by atoms with van der Waals surface area (Å²) in [6.45, 7) is 0. The summed E-state index contributed by atoms with van der Waals surface area (Å²) in [5.41, 5.74) is 0.338. The first-order chi connectivity index (χ1) is 18.1. The first-order valence-corrected chi connectivity index (χ1v) is 13.0. The molecule has 3 aliphatic rings. The largest absolute Gasteiger partial charge is 0.508 e. The summed E-state index contributed by atoms with van der Waals surface area (Å²) in [5, 5.41) is 46.9. The molecule has 39 heavy (non-hydrogen) atoms. The Morgan fingerprint density at radius 2 is 1.79 bits per heavy atom. The molecule has 0 saturated heterocycles. The molecule has 1 saturated carbocycles. The third-order valence-corrected chi connectivity index (χ3v) is 8.14. The highest BCUT2D eigenvalue weighted by molar-refractivity contribution is 9.09. The average molecular weight is 611 g/mol. The first-order valence-electron chi connectivity index (χ1n) is 11.9. The van der Waals surface area contributed by atoms with Crippen molar-refractivity contribution in [1.82, 2.24) is 4.90 Å². The minimum Gasteiger partial charge on any atom is -0.508 e. The molecule has 1 fully saturated rings. The summed E-state index contributed by atoms with van der Waals surface area (Å²) in [5.74, 6) is -10.0. The summed E-state index contributed by atoms with van der Waals surface area (Å²) >= 11 is 2.94. The number of primary amides is 1. The van der Waals surface area contributed by atoms with Gasteiger partial charge in [-0.25, -0.2) is 4.39 Å². The topological polar surface area (TPSA) is 194 Å². The van der Waals surface area contributed by atoms with Gasteiger partial charge in [0.25, 0.3) is 5.91 Å². The second-order valence-electron chi connectivity index (χ2n) is 10.3. The predicted molar refractivity (Wildman–Crippen MR) is 141 cm³/mol. The number of hydrogen-bond donors (Lipinski definition) is 6. The number of halogens is 2. The number of hydrogen-bond acceptors (Lipinski definition) is 10. The molecular formula is C25H28BrFN4O8. The Morgan fingerprint density at radius 1 is 1.18 bits per heavy atom. The molecule has 2 unspecified atom stereocenters. The van der Waals surface area contributed by atoms with Gasteiger partial charge >= 0.3 is 0 Å². The number of Topliss-reactive ketones (excluding diaryl/α,β-unsaturated/α-hetero) is 2. The van der Waals surface area contributed by atoms with Crippen molar-refractivity contribution in [2.45, 2.75) is 24.5 Å². The van der Waals surface area contributed by atoms with Crippen molar-refractivity contribution in [3.63, 3.8) is 0 Å². The molecule has 0 bridgehead atoms. The Kier molecular flexibility index (Phi) is 7.02. The fourth-order valence-corrected chi connectivity index (χ4v) is 6.22. The van der Waals surface area contributed by atoms with Gasteiger partial charge in [0.1, 0.15) is 22.8 Å². The van der Waals surface area contributed by atoms with Crippen LogP contribution in [-0.4, -0.2) is 93.9 Å². The van der Waals surface area contributed by atoms with E-state index in [4.69, 9.17) is 5.73 Å². The second kappa shape index (κ2) is 9.61. The van der Waals surface area contributed by atoms with Crippen molar-refractivity contribution in [3.05, 3.63) is 33.8 Å². The normalized spacial score (nSPS) is 26.3. The van der Waals surface area contributed by atoms with Crippen LogP contribution in [0.1, 0.15) is 17.5 Å². The smallest absolute Gasteiger partial charge is 0.255 e. The van der Waals surface area contributed by atoms with E-state index in [2.05, 4.69) is 21.2 Å². The Morgan fingerprint density at radius 3 is 2.31 bits per heavy atom. The van der Waals surface area contributed by atoms with Crippen LogP contribution < -0.4 is 16.0 Å². The number of amides is 2. The van der Waals surface area contributed by atoms with Crippen molar-refractivity contribution < 1.29 is 44.0 Å². The number of carbonyl (C=O) groups excluding carboxylic acids is 4. The number of carbonyl (C=O) groups is 4. The molecule has 4 rings (SSSR count). The number of alkyl halides is 1. The van der Waals surface area contributed by atoms with Crippen LogP contribution in [0.15, 0.2) is 16.9 Å². The Balaban J connectivity index is 2.02. The van der Waals surface area contributed by atoms with E-state index in [0.29, 0.717) is 0 Å². The zero-order chi connectivity index (χ0) is 29.3. The minimum absolute atomic E-state index is 0.0609. The zero-order valence-corrected chi connectivity index (χ0v) is 23.1. The van der Waals surface area contributed by atoms with Crippen LogP contribution in [-0.2, 0) is 25.6 Å². The summed E-state index contributed by atoms with van der Waals surface area (Å²) in [6, 6.07) is -1.23. The van der Waals surface area contributed by atoms with Crippen LogP contribution in [0.4, 0.5) is 15.8 Å². The number of fused-ring (bicyclic) bond motifs is 3. The quantitative estimate of drug-likeness (QED) is 0.155. The third-order valence-electron chi connectivity index (χ3n) is 7.63. The molecule has 14 heteroatoms. The lowest BCUT2D eigenvalue weighted by atomic mass is 9.57. The molecule has 12 nitrogen and oxygen atoms in total. The number of likely N-dealkylation sites (N-methyl/N-ethyl adjacent to an activating group) is 1. The summed E-state index contributed by atoms with van der Waals surface area (Å²) in [7, 11) is 6.02. The summed E-state index contributed by atoms with van der Waals surface area (Å²) < 4.78 is 15.6. The molecule has 1 aromatic carbocycles. The molecule has 0 radical (unpaired) electrons. The van der Waals surface area contributed by atoms with Crippen molar-refractivity contribution >= 4 is 56.4 Å². The molecule has 1 aromatic rings. The number of ketones is 2. The van der Waals surface area contributed by atoms with E-state index < -0.39 is 81.2 Å². The number of benzene rings is 1. The van der Waals surface area contributed by atoms with Gasteiger partial charge in [-0.2, -0.15) is 0 Å². The van der Waals surface area contributed by atoms with E-state index in [1.54, 1.807) is 0 Å². The molecule has 0 aromatic heterocycles. The highest BCUT2D eigenvalue weighted by Gasteiger charge is 2.64. The highest BCUT2D eigenvalue weighted by Crippen LogP contribution is 2.55. The van der Waals surface area contributed by atoms with Crippen molar-refractivity contribution in [1.29, 1.82) is 0 Å². The molecule has 7 N–H and O–H groups in total. The first kappa shape index (κ1) is 28.5. The molecule has 4 atom stereocenters. The van der Waals surface area contributed by atoms with Gasteiger partial charge in [0.15, 0.2) is 23.0 Å². The monoisotopic (exact) mass is 610 g/mol. The van der Waals surface area contributed by atoms with E-state index in [-0.39, 0.29) is 40.6 Å². The molecule has 0 spiro atoms. The number of nitrogens with zero attached hydrogens (tertiary/aromatic N) is 2. The van der Waals surface area contributed by atoms with Gasteiger partial charge < -0.3 is 36.4 Å². The van der Waals surface area contributed by atoms with Gasteiger partial charge in [-0.3, -0.25) is 24.1 Å². The van der Waals surface area contributed by atoms with Crippen molar-refractivity contribution in [2.24, 2.45) is 17.6 Å². The minimum atomic E-state index is -2.79. The standard InChI is InChI=1S/C25H28BrFN4O8/c1-30(2)17-9-5-8-6-10-18(31(3)4)21(35)14(24(28)38)23(37)25(10,39)22(36)12(8)19(33)13(9)20(34)16(15(17)27)29-11(32)7-26/h8,10,18,33-34,37,39H,5-7H2,1-4H3,(H2,28,38)(H,29,32)/t8?,10?,18-,25-/m0/s1. The van der Waals surface area contributed by atoms with Crippen LogP contribution in [0.2, 0.25) is 0 Å². The summed E-state index contributed by atoms with van der Waals surface area (Å²) in [6.07, 6.45) is -0.234. The maximum atomic E-state index is 15.6. The van der Waals surface area contributed by atoms with E-state index >= 15 is 4.39 Å². The molecule has 0 heterocycles. The van der Waals surface area contributed by atoms with Gasteiger partial charge in [0, 0.05) is 25.6 Å². The summed E-state index contributed by atoms with van der Waals surface area (Å²) in [4.78, 5) is 53.9. The fourth-order valence-electron chi connectivity index (χ4n) is 6.08. The number of aromatic hydroxyl groups is 1. The Hall–Kier alpha value is -3.49. The van der Waals surface area contributed by atoms with Crippen LogP contribution in [0.25, 0.3) is 5.76 Å². The maximum absolute atomic E-state index is 15.6. The third kappa shape index (κ3) is 3.92. The van der Waals surface area contributed by atoms with Crippen molar-refractivity contribution in [3.8, 4) is 5.75 Å². The van der Waals surface area contributed by atoms with E-state index in [0.717, 1.165) is 0 Å². The van der Waals surface area contributed by atoms with Crippen molar-refractivity contribution in [2.75, 3.05) is 43.7 Å². The van der Waals surface area contributed by atoms with Crippen LogP contribution >= 0.6 is 15.9 Å². The molecule has 0 aliphatic heterocycles. The van der Waals surface area contributed by atoms with Gasteiger partial charge in [-0.15, -0.1) is 0 Å². The van der Waals surface area contributed by atoms with Crippen LogP contribution in [0.3, 0.4) is 0 Å². The Labute approximate surface area is 230 Å². The number of anilines is 2. The number of phenolic OH excluding ortho intramolecular Hbond substituents is 1. The van der Waals surface area contributed by atoms with E-state index in [1.165, 1.54) is 38.0 Å². The Bertz CT molecular complexity index is 1400. The van der Waals surface area contributed by atoms with Gasteiger partial charge in [0.05, 0.1) is 22.6 Å². The van der Waals surface area contributed by atoms with E-state index in [9.17, 15) is 39.6 Å². The van der Waals surface area contributed by atoms with Gasteiger partial charge in [-0.05, 0) is 38.4 Å². The number of phenols is 1. The molecule has 210 valence electrons. The number of aliphatic hydroxyl groups excluding tert-OH is 2. The number of nitrogens with two attached hydrogens (primary N) is 1. The zero-order valence-electron chi connectivity index (χ0n) is 21.5. The van der Waals surface area contributed by atoms with Gasteiger partial charge in [0.2, 0.25) is 11.7 Å². The number of aliphatic hydroxyl groups is 3. The fraction of sp³-hybridized carbons (Fsp3) is 0.440. The maximum Gasteiger partial charge on any atom is 0.255 e. The second-order valence-corrected chi connectivity index (χ2v) is 10.8. The highest BCUT2D eigenvalue weighted by atomic mass is 79.9. The van der Waals surface area contributed by atoms with Crippen LogP contribution in [0, 0.1) is 17.7 Å². The lowest BCUT2D eigenvalue weighted by Crippen LogP contribution is -2.65. The number of rotatable bonds is 5. The predicted octanol–water partition coefficient (Wildman–Crippen LogP) is 0.503. The molecule has 3 aliphatic carbocycles. The van der Waals surface area contributed by atoms with E-state index in [1.807, 2.05) is 0 Å². The van der Waals surface area contributed by atoms with Gasteiger partial charge in [-0.1, -0.05) is 15.9 Å². The lowest BCUT2D eigenvalue weighted by molar-refractivity contribution is -0.153.